The Hall–Kier alpha value is -2.02. The van der Waals surface area contributed by atoms with Gasteiger partial charge in [-0.3, -0.25) is 0 Å². The minimum absolute atomic E-state index is 0.105. The summed E-state index contributed by atoms with van der Waals surface area (Å²) in [5.41, 5.74) is 0.586. The van der Waals surface area contributed by atoms with E-state index in [2.05, 4.69) is 10.3 Å². The molecule has 0 aliphatic carbocycles. The molecule has 1 N–H and O–H groups in total. The van der Waals surface area contributed by atoms with E-state index < -0.39 is 11.6 Å². The lowest BCUT2D eigenvalue weighted by atomic mass is 10.2. The van der Waals surface area contributed by atoms with Crippen LogP contribution in [0.3, 0.4) is 0 Å². The molecule has 21 heavy (non-hydrogen) atoms. The van der Waals surface area contributed by atoms with Crippen LogP contribution in [0.2, 0.25) is 0 Å². The molecular weight excluding hydrogens is 296 g/mol. The van der Waals surface area contributed by atoms with Gasteiger partial charge in [0.15, 0.2) is 0 Å². The highest BCUT2D eigenvalue weighted by Crippen LogP contribution is 2.28. The summed E-state index contributed by atoms with van der Waals surface area (Å²) in [5, 5.41) is 4.75. The maximum atomic E-state index is 13.7. The van der Waals surface area contributed by atoms with Crippen molar-refractivity contribution < 1.29 is 13.6 Å². The first-order valence-corrected chi connectivity index (χ1v) is 7.21. The zero-order chi connectivity index (χ0) is 15.4. The fraction of sp³-hybridized carbons (Fsp3) is 0.286. The molecule has 0 radical (unpaired) electrons. The van der Waals surface area contributed by atoms with Crippen molar-refractivity contribution in [3.8, 4) is 10.6 Å². The lowest BCUT2D eigenvalue weighted by molar-refractivity contribution is 0.217. The molecule has 1 heterocycles. The number of hydrogen-bond acceptors (Lipinski definition) is 3. The fourth-order valence-electron chi connectivity index (χ4n) is 1.69. The third-order valence-electron chi connectivity index (χ3n) is 2.79. The standard InChI is InChI=1S/C14H15F2N3OS/c1-19(2)14(20)17-7-6-9-8-21-13(18-9)12-10(15)4-3-5-11(12)16/h3-5,8H,6-7H2,1-2H3,(H,17,20). The van der Waals surface area contributed by atoms with Gasteiger partial charge in [-0.15, -0.1) is 11.3 Å². The maximum absolute atomic E-state index is 13.7. The molecule has 1 aromatic carbocycles. The third-order valence-corrected chi connectivity index (χ3v) is 3.70. The summed E-state index contributed by atoms with van der Waals surface area (Å²) in [6.45, 7) is 0.417. The number of halogens is 2. The molecule has 0 spiro atoms. The number of carbonyl (C=O) groups excluding carboxylic acids is 1. The SMILES string of the molecule is CN(C)C(=O)NCCc1csc(-c2c(F)cccc2F)n1. The molecule has 0 saturated heterocycles. The zero-order valence-electron chi connectivity index (χ0n) is 11.7. The Morgan fingerprint density at radius 3 is 2.62 bits per heavy atom. The highest BCUT2D eigenvalue weighted by atomic mass is 32.1. The molecule has 0 bridgehead atoms. The molecule has 112 valence electrons. The number of nitrogens with zero attached hydrogens (tertiary/aromatic N) is 2. The largest absolute Gasteiger partial charge is 0.338 e. The maximum Gasteiger partial charge on any atom is 0.316 e. The van der Waals surface area contributed by atoms with Crippen LogP contribution in [0.1, 0.15) is 5.69 Å². The van der Waals surface area contributed by atoms with Crippen LogP contribution in [0.15, 0.2) is 23.6 Å². The summed E-state index contributed by atoms with van der Waals surface area (Å²) in [6.07, 6.45) is 0.506. The van der Waals surface area contributed by atoms with Crippen molar-refractivity contribution in [1.82, 2.24) is 15.2 Å². The van der Waals surface area contributed by atoms with Crippen LogP contribution >= 0.6 is 11.3 Å². The van der Waals surface area contributed by atoms with E-state index in [4.69, 9.17) is 0 Å². The highest BCUT2D eigenvalue weighted by molar-refractivity contribution is 7.13. The molecule has 0 saturated carbocycles. The molecular formula is C14H15F2N3OS. The second-order valence-corrected chi connectivity index (χ2v) is 5.48. The summed E-state index contributed by atoms with van der Waals surface area (Å²) >= 11 is 1.18. The predicted octanol–water partition coefficient (Wildman–Crippen LogP) is 2.90. The van der Waals surface area contributed by atoms with Crippen molar-refractivity contribution in [2.75, 3.05) is 20.6 Å². The first-order chi connectivity index (χ1) is 9.99. The van der Waals surface area contributed by atoms with E-state index in [1.165, 1.54) is 34.4 Å². The zero-order valence-corrected chi connectivity index (χ0v) is 12.5. The molecule has 4 nitrogen and oxygen atoms in total. The minimum atomic E-state index is -0.628. The van der Waals surface area contributed by atoms with Crippen LogP contribution in [0, 0.1) is 11.6 Å². The first-order valence-electron chi connectivity index (χ1n) is 6.33. The average Bonchev–Trinajstić information content (AvgIpc) is 2.87. The number of thiazole rings is 1. The second kappa shape index (κ2) is 6.62. The number of hydrogen-bond donors (Lipinski definition) is 1. The number of benzene rings is 1. The van der Waals surface area contributed by atoms with E-state index in [9.17, 15) is 13.6 Å². The van der Waals surface area contributed by atoms with Gasteiger partial charge in [0, 0.05) is 32.4 Å². The normalized spacial score (nSPS) is 10.5. The fourth-order valence-corrected chi connectivity index (χ4v) is 2.60. The number of aromatic nitrogens is 1. The summed E-state index contributed by atoms with van der Waals surface area (Å²) in [5.74, 6) is -1.26. The Labute approximate surface area is 125 Å². The van der Waals surface area contributed by atoms with Crippen molar-refractivity contribution in [3.63, 3.8) is 0 Å². The van der Waals surface area contributed by atoms with E-state index in [-0.39, 0.29) is 11.6 Å². The van der Waals surface area contributed by atoms with Crippen molar-refractivity contribution in [3.05, 3.63) is 40.9 Å². The van der Waals surface area contributed by atoms with E-state index in [1.54, 1.807) is 19.5 Å². The number of nitrogens with one attached hydrogen (secondary N) is 1. The van der Waals surface area contributed by atoms with Gasteiger partial charge in [0.05, 0.1) is 11.3 Å². The van der Waals surface area contributed by atoms with E-state index in [1.807, 2.05) is 0 Å². The van der Waals surface area contributed by atoms with Gasteiger partial charge in [0.25, 0.3) is 0 Å². The van der Waals surface area contributed by atoms with E-state index >= 15 is 0 Å². The monoisotopic (exact) mass is 311 g/mol. The Bertz CT molecular complexity index is 623. The van der Waals surface area contributed by atoms with Gasteiger partial charge in [-0.1, -0.05) is 6.07 Å². The number of carbonyl (C=O) groups is 1. The quantitative estimate of drug-likeness (QED) is 0.943. The smallest absolute Gasteiger partial charge is 0.316 e. The molecule has 1 aromatic heterocycles. The van der Waals surface area contributed by atoms with E-state index in [0.29, 0.717) is 23.7 Å². The van der Waals surface area contributed by atoms with Crippen LogP contribution in [-0.4, -0.2) is 36.6 Å². The van der Waals surface area contributed by atoms with Gasteiger partial charge in [-0.05, 0) is 12.1 Å². The third kappa shape index (κ3) is 3.75. The summed E-state index contributed by atoms with van der Waals surface area (Å²) in [6, 6.07) is 3.54. The highest BCUT2D eigenvalue weighted by Gasteiger charge is 2.14. The van der Waals surface area contributed by atoms with Crippen molar-refractivity contribution in [1.29, 1.82) is 0 Å². The van der Waals surface area contributed by atoms with Gasteiger partial charge in [0.2, 0.25) is 0 Å². The van der Waals surface area contributed by atoms with Crippen molar-refractivity contribution in [2.45, 2.75) is 6.42 Å². The molecule has 2 aromatic rings. The summed E-state index contributed by atoms with van der Waals surface area (Å²) < 4.78 is 27.3. The van der Waals surface area contributed by atoms with Gasteiger partial charge < -0.3 is 10.2 Å². The van der Waals surface area contributed by atoms with Crippen LogP contribution in [0.4, 0.5) is 13.6 Å². The van der Waals surface area contributed by atoms with Crippen molar-refractivity contribution in [2.24, 2.45) is 0 Å². The number of urea groups is 1. The Morgan fingerprint density at radius 1 is 1.33 bits per heavy atom. The molecule has 2 rings (SSSR count). The summed E-state index contributed by atoms with van der Waals surface area (Å²) in [4.78, 5) is 17.0. The minimum Gasteiger partial charge on any atom is -0.338 e. The molecule has 2 amide bonds. The topological polar surface area (TPSA) is 45.2 Å². The van der Waals surface area contributed by atoms with Gasteiger partial charge >= 0.3 is 6.03 Å². The van der Waals surface area contributed by atoms with Gasteiger partial charge in [-0.25, -0.2) is 18.6 Å². The lowest BCUT2D eigenvalue weighted by Gasteiger charge is -2.10. The second-order valence-electron chi connectivity index (χ2n) is 4.62. The Morgan fingerprint density at radius 2 is 2.00 bits per heavy atom. The average molecular weight is 311 g/mol. The van der Waals surface area contributed by atoms with Crippen LogP contribution in [0.25, 0.3) is 10.6 Å². The lowest BCUT2D eigenvalue weighted by Crippen LogP contribution is -2.35. The van der Waals surface area contributed by atoms with Gasteiger partial charge in [-0.2, -0.15) is 0 Å². The Balaban J connectivity index is 2.04. The van der Waals surface area contributed by atoms with Crippen LogP contribution in [-0.2, 0) is 6.42 Å². The molecule has 0 aliphatic heterocycles. The molecule has 0 aliphatic rings. The molecule has 7 heteroatoms. The van der Waals surface area contributed by atoms with E-state index in [0.717, 1.165) is 0 Å². The number of rotatable bonds is 4. The number of amides is 2. The first kappa shape index (κ1) is 15.4. The molecule has 0 atom stereocenters. The van der Waals surface area contributed by atoms with Crippen molar-refractivity contribution >= 4 is 17.4 Å². The van der Waals surface area contributed by atoms with Crippen LogP contribution < -0.4 is 5.32 Å². The van der Waals surface area contributed by atoms with Crippen LogP contribution in [0.5, 0.6) is 0 Å². The molecule has 0 unspecified atom stereocenters. The Kier molecular flexibility index (Phi) is 4.85. The predicted molar refractivity (Wildman–Crippen MR) is 78.3 cm³/mol. The van der Waals surface area contributed by atoms with Gasteiger partial charge in [0.1, 0.15) is 16.6 Å². The summed E-state index contributed by atoms with van der Waals surface area (Å²) in [7, 11) is 3.30. The molecule has 0 fully saturated rings.